The van der Waals surface area contributed by atoms with Gasteiger partial charge in [-0.2, -0.15) is 0 Å². The predicted molar refractivity (Wildman–Crippen MR) is 60.1 cm³/mol. The number of aliphatic hydroxyl groups excluding tert-OH is 1. The van der Waals surface area contributed by atoms with Crippen LogP contribution >= 0.6 is 0 Å². The van der Waals surface area contributed by atoms with Gasteiger partial charge in [0.15, 0.2) is 17.5 Å². The third-order valence-corrected chi connectivity index (χ3v) is 2.23. The van der Waals surface area contributed by atoms with E-state index in [1.807, 2.05) is 0 Å². The van der Waals surface area contributed by atoms with Crippen LogP contribution in [0.1, 0.15) is 10.4 Å². The number of phenols is 2. The number of aromatic hydroxyl groups is 2. The fourth-order valence-electron chi connectivity index (χ4n) is 1.27. The molecule has 1 rings (SSSR count). The van der Waals surface area contributed by atoms with Crippen molar-refractivity contribution in [3.63, 3.8) is 0 Å². The Labute approximate surface area is 103 Å². The summed E-state index contributed by atoms with van der Waals surface area (Å²) >= 11 is 0. The lowest BCUT2D eigenvalue weighted by Gasteiger charge is -2.14. The molecule has 0 aliphatic rings. The molecule has 0 aliphatic heterocycles. The second kappa shape index (κ2) is 5.87. The van der Waals surface area contributed by atoms with Crippen LogP contribution in [0, 0.1) is 0 Å². The van der Waals surface area contributed by atoms with Gasteiger partial charge in [0, 0.05) is 0 Å². The van der Waals surface area contributed by atoms with Crippen LogP contribution in [-0.2, 0) is 9.53 Å². The number of amides is 1. The molecule has 0 bridgehead atoms. The average Bonchev–Trinajstić information content (AvgIpc) is 2.37. The van der Waals surface area contributed by atoms with Gasteiger partial charge in [-0.25, -0.2) is 4.79 Å². The molecule has 98 valence electrons. The van der Waals surface area contributed by atoms with Crippen LogP contribution < -0.4 is 5.32 Å². The Kier molecular flexibility index (Phi) is 4.50. The number of ether oxygens (including phenoxy) is 1. The zero-order valence-electron chi connectivity index (χ0n) is 9.58. The van der Waals surface area contributed by atoms with E-state index >= 15 is 0 Å². The van der Waals surface area contributed by atoms with Crippen molar-refractivity contribution in [3.05, 3.63) is 23.8 Å². The third-order valence-electron chi connectivity index (χ3n) is 2.23. The fraction of sp³-hybridized carbons (Fsp3) is 0.273. The van der Waals surface area contributed by atoms with Crippen LogP contribution in [0.4, 0.5) is 0 Å². The molecule has 0 aliphatic carbocycles. The molecule has 18 heavy (non-hydrogen) atoms. The highest BCUT2D eigenvalue weighted by molar-refractivity contribution is 5.99. The number of carbonyl (C=O) groups excluding carboxylic acids is 2. The minimum Gasteiger partial charge on any atom is -0.504 e. The number of rotatable bonds is 4. The summed E-state index contributed by atoms with van der Waals surface area (Å²) in [5.41, 5.74) is -0.211. The summed E-state index contributed by atoms with van der Waals surface area (Å²) in [6.45, 7) is -0.641. The van der Waals surface area contributed by atoms with Gasteiger partial charge in [-0.1, -0.05) is 6.07 Å². The van der Waals surface area contributed by atoms with Gasteiger partial charge in [0.05, 0.1) is 19.3 Å². The maximum atomic E-state index is 11.7. The topological polar surface area (TPSA) is 116 Å². The molecular formula is C11H13NO6. The highest BCUT2D eigenvalue weighted by Crippen LogP contribution is 2.27. The summed E-state index contributed by atoms with van der Waals surface area (Å²) in [5, 5.41) is 29.8. The van der Waals surface area contributed by atoms with Crippen LogP contribution in [-0.4, -0.2) is 47.0 Å². The Balaban J connectivity index is 2.88. The Morgan fingerprint density at radius 2 is 2.06 bits per heavy atom. The average molecular weight is 255 g/mol. The van der Waals surface area contributed by atoms with Gasteiger partial charge in [-0.3, -0.25) is 4.79 Å². The Morgan fingerprint density at radius 1 is 1.39 bits per heavy atom. The van der Waals surface area contributed by atoms with E-state index in [1.54, 1.807) is 0 Å². The van der Waals surface area contributed by atoms with Gasteiger partial charge in [0.25, 0.3) is 5.91 Å². The molecule has 0 aromatic heterocycles. The molecule has 0 fully saturated rings. The van der Waals surface area contributed by atoms with E-state index < -0.39 is 36.0 Å². The maximum Gasteiger partial charge on any atom is 0.330 e. The standard InChI is InChI=1S/C11H13NO6/c1-18-11(17)7(5-13)12-10(16)6-3-2-4-8(14)9(6)15/h2-4,7,13-15H,5H2,1H3,(H,12,16). The second-order valence-corrected chi connectivity index (χ2v) is 3.41. The van der Waals surface area contributed by atoms with E-state index in [-0.39, 0.29) is 5.56 Å². The molecule has 4 N–H and O–H groups in total. The van der Waals surface area contributed by atoms with Gasteiger partial charge in [0.2, 0.25) is 0 Å². The number of benzene rings is 1. The molecule has 0 saturated heterocycles. The second-order valence-electron chi connectivity index (χ2n) is 3.41. The molecule has 0 radical (unpaired) electrons. The molecule has 0 saturated carbocycles. The zero-order chi connectivity index (χ0) is 13.7. The summed E-state index contributed by atoms with van der Waals surface area (Å²) in [7, 11) is 1.11. The van der Waals surface area contributed by atoms with E-state index in [0.29, 0.717) is 0 Å². The van der Waals surface area contributed by atoms with Crippen molar-refractivity contribution < 1.29 is 29.6 Å². The Hall–Kier alpha value is -2.28. The summed E-state index contributed by atoms with van der Waals surface area (Å²) in [6, 6.07) is 2.59. The van der Waals surface area contributed by atoms with Gasteiger partial charge in [-0.15, -0.1) is 0 Å². The Morgan fingerprint density at radius 3 is 2.61 bits per heavy atom. The van der Waals surface area contributed by atoms with Crippen LogP contribution in [0.25, 0.3) is 0 Å². The van der Waals surface area contributed by atoms with E-state index in [2.05, 4.69) is 10.1 Å². The summed E-state index contributed by atoms with van der Waals surface area (Å²) in [6.07, 6.45) is 0. The van der Waals surface area contributed by atoms with Crippen molar-refractivity contribution in [2.45, 2.75) is 6.04 Å². The monoisotopic (exact) mass is 255 g/mol. The lowest BCUT2D eigenvalue weighted by molar-refractivity contribution is -0.143. The number of methoxy groups -OCH3 is 1. The van der Waals surface area contributed by atoms with E-state index in [1.165, 1.54) is 18.2 Å². The number of carbonyl (C=O) groups is 2. The molecule has 0 spiro atoms. The number of hydrogen-bond acceptors (Lipinski definition) is 6. The van der Waals surface area contributed by atoms with Gasteiger partial charge in [0.1, 0.15) is 0 Å². The van der Waals surface area contributed by atoms with Crippen molar-refractivity contribution >= 4 is 11.9 Å². The zero-order valence-corrected chi connectivity index (χ0v) is 9.58. The molecule has 1 atom stereocenters. The predicted octanol–water partition coefficient (Wildman–Crippen LogP) is -0.639. The van der Waals surface area contributed by atoms with Crippen LogP contribution in [0.2, 0.25) is 0 Å². The number of para-hydroxylation sites is 1. The molecule has 1 aromatic carbocycles. The first-order chi connectivity index (χ1) is 8.51. The fourth-order valence-corrected chi connectivity index (χ4v) is 1.27. The quantitative estimate of drug-likeness (QED) is 0.420. The van der Waals surface area contributed by atoms with Crippen molar-refractivity contribution in [3.8, 4) is 11.5 Å². The van der Waals surface area contributed by atoms with Gasteiger partial charge in [-0.05, 0) is 12.1 Å². The van der Waals surface area contributed by atoms with Crippen LogP contribution in [0.5, 0.6) is 11.5 Å². The van der Waals surface area contributed by atoms with E-state index in [4.69, 9.17) is 5.11 Å². The summed E-state index contributed by atoms with van der Waals surface area (Å²) < 4.78 is 4.37. The highest BCUT2D eigenvalue weighted by atomic mass is 16.5. The van der Waals surface area contributed by atoms with Gasteiger partial charge < -0.3 is 25.4 Å². The molecule has 1 aromatic rings. The summed E-state index contributed by atoms with van der Waals surface area (Å²) in [5.74, 6) is -2.68. The number of esters is 1. The first-order valence-corrected chi connectivity index (χ1v) is 5.01. The Bertz CT molecular complexity index is 459. The molecule has 1 unspecified atom stereocenters. The molecule has 7 heteroatoms. The first kappa shape index (κ1) is 13.8. The SMILES string of the molecule is COC(=O)C(CO)NC(=O)c1cccc(O)c1O. The van der Waals surface area contributed by atoms with Crippen LogP contribution in [0.15, 0.2) is 18.2 Å². The lowest BCUT2D eigenvalue weighted by atomic mass is 10.1. The highest BCUT2D eigenvalue weighted by Gasteiger charge is 2.23. The smallest absolute Gasteiger partial charge is 0.330 e. The van der Waals surface area contributed by atoms with E-state index in [9.17, 15) is 19.8 Å². The minimum atomic E-state index is -1.23. The largest absolute Gasteiger partial charge is 0.504 e. The molecule has 1 amide bonds. The normalized spacial score (nSPS) is 11.7. The van der Waals surface area contributed by atoms with Crippen molar-refractivity contribution in [1.29, 1.82) is 0 Å². The number of aliphatic hydroxyl groups is 1. The van der Waals surface area contributed by atoms with Crippen LogP contribution in [0.3, 0.4) is 0 Å². The molecule has 0 heterocycles. The minimum absolute atomic E-state index is 0.211. The first-order valence-electron chi connectivity index (χ1n) is 5.01. The third kappa shape index (κ3) is 2.89. The van der Waals surface area contributed by atoms with Crippen molar-refractivity contribution in [2.24, 2.45) is 0 Å². The van der Waals surface area contributed by atoms with E-state index in [0.717, 1.165) is 7.11 Å². The molecule has 7 nitrogen and oxygen atoms in total. The van der Waals surface area contributed by atoms with Crippen molar-refractivity contribution in [2.75, 3.05) is 13.7 Å². The maximum absolute atomic E-state index is 11.7. The number of phenolic OH excluding ortho intramolecular Hbond substituents is 2. The van der Waals surface area contributed by atoms with Crippen molar-refractivity contribution in [1.82, 2.24) is 5.32 Å². The van der Waals surface area contributed by atoms with Gasteiger partial charge >= 0.3 is 5.97 Å². The molecular weight excluding hydrogens is 242 g/mol. The summed E-state index contributed by atoms with van der Waals surface area (Å²) in [4.78, 5) is 22.9. The lowest BCUT2D eigenvalue weighted by Crippen LogP contribution is -2.44. The number of hydrogen-bond donors (Lipinski definition) is 4. The number of nitrogens with one attached hydrogen (secondary N) is 1.